The highest BCUT2D eigenvalue weighted by Gasteiger charge is 2.13. The van der Waals surface area contributed by atoms with Crippen molar-refractivity contribution < 1.29 is 4.42 Å². The predicted octanol–water partition coefficient (Wildman–Crippen LogP) is 3.91. The molecule has 1 unspecified atom stereocenters. The van der Waals surface area contributed by atoms with Gasteiger partial charge in [0.15, 0.2) is 0 Å². The van der Waals surface area contributed by atoms with Crippen molar-refractivity contribution >= 4 is 11.4 Å². The molecule has 0 amide bonds. The van der Waals surface area contributed by atoms with Crippen LogP contribution in [-0.4, -0.2) is 14.1 Å². The molecule has 3 nitrogen and oxygen atoms in total. The molecule has 0 aliphatic carbocycles. The number of nitrogens with zero attached hydrogens (tertiary/aromatic N) is 1. The second-order valence-electron chi connectivity index (χ2n) is 4.53. The van der Waals surface area contributed by atoms with Gasteiger partial charge in [-0.05, 0) is 30.7 Å². The van der Waals surface area contributed by atoms with Crippen molar-refractivity contribution in [3.63, 3.8) is 0 Å². The van der Waals surface area contributed by atoms with E-state index in [0.29, 0.717) is 0 Å². The summed E-state index contributed by atoms with van der Waals surface area (Å²) in [4.78, 5) is 2.11. The third kappa shape index (κ3) is 2.67. The van der Waals surface area contributed by atoms with Gasteiger partial charge < -0.3 is 14.6 Å². The van der Waals surface area contributed by atoms with Crippen LogP contribution >= 0.6 is 0 Å². The summed E-state index contributed by atoms with van der Waals surface area (Å²) in [5, 5.41) is 3.55. The highest BCUT2D eigenvalue weighted by Crippen LogP contribution is 2.29. The number of anilines is 2. The summed E-state index contributed by atoms with van der Waals surface area (Å²) in [6.45, 7) is 2.15. The number of rotatable bonds is 5. The van der Waals surface area contributed by atoms with Crippen molar-refractivity contribution in [2.75, 3.05) is 24.3 Å². The molecule has 0 saturated heterocycles. The smallest absolute Gasteiger partial charge is 0.125 e. The van der Waals surface area contributed by atoms with Gasteiger partial charge in [-0.15, -0.1) is 0 Å². The van der Waals surface area contributed by atoms with Crippen molar-refractivity contribution in [2.45, 2.75) is 19.4 Å². The first kappa shape index (κ1) is 12.6. The largest absolute Gasteiger partial charge is 0.467 e. The molecule has 0 fully saturated rings. The molecule has 2 aromatic rings. The van der Waals surface area contributed by atoms with E-state index >= 15 is 0 Å². The molecule has 1 atom stereocenters. The highest BCUT2D eigenvalue weighted by molar-refractivity contribution is 5.69. The van der Waals surface area contributed by atoms with E-state index in [9.17, 15) is 0 Å². The van der Waals surface area contributed by atoms with Crippen LogP contribution in [0.2, 0.25) is 0 Å². The zero-order valence-corrected chi connectivity index (χ0v) is 11.2. The van der Waals surface area contributed by atoms with E-state index in [-0.39, 0.29) is 6.04 Å². The standard InChI is InChI=1S/C15H20N2O/c1-4-12(15-10-7-11-18-15)16-13-8-5-6-9-14(13)17(2)3/h5-12,16H,4H2,1-3H3. The van der Waals surface area contributed by atoms with E-state index in [2.05, 4.69) is 29.3 Å². The van der Waals surface area contributed by atoms with E-state index < -0.39 is 0 Å². The van der Waals surface area contributed by atoms with Crippen LogP contribution in [0.3, 0.4) is 0 Å². The molecule has 18 heavy (non-hydrogen) atoms. The van der Waals surface area contributed by atoms with Crippen LogP contribution in [0.25, 0.3) is 0 Å². The summed E-state index contributed by atoms with van der Waals surface area (Å²) >= 11 is 0. The van der Waals surface area contributed by atoms with Crippen LogP contribution in [0.4, 0.5) is 11.4 Å². The van der Waals surface area contributed by atoms with Crippen molar-refractivity contribution in [1.29, 1.82) is 0 Å². The van der Waals surface area contributed by atoms with Gasteiger partial charge in [0.1, 0.15) is 5.76 Å². The zero-order chi connectivity index (χ0) is 13.0. The molecule has 0 radical (unpaired) electrons. The van der Waals surface area contributed by atoms with Crippen molar-refractivity contribution in [3.05, 3.63) is 48.4 Å². The molecule has 0 bridgehead atoms. The number of furan rings is 1. The Hall–Kier alpha value is -1.90. The van der Waals surface area contributed by atoms with E-state index in [4.69, 9.17) is 4.42 Å². The molecule has 0 saturated carbocycles. The number of para-hydroxylation sites is 2. The van der Waals surface area contributed by atoms with E-state index in [0.717, 1.165) is 17.9 Å². The van der Waals surface area contributed by atoms with Crippen LogP contribution in [0.15, 0.2) is 47.1 Å². The lowest BCUT2D eigenvalue weighted by Gasteiger charge is -2.22. The molecule has 1 aromatic carbocycles. The Morgan fingerprint density at radius 1 is 1.17 bits per heavy atom. The summed E-state index contributed by atoms with van der Waals surface area (Å²) in [5.41, 5.74) is 2.31. The van der Waals surface area contributed by atoms with Gasteiger partial charge in [-0.2, -0.15) is 0 Å². The Bertz CT molecular complexity index is 477. The SMILES string of the molecule is CCC(Nc1ccccc1N(C)C)c1ccco1. The summed E-state index contributed by atoms with van der Waals surface area (Å²) in [6.07, 6.45) is 2.70. The topological polar surface area (TPSA) is 28.4 Å². The molecule has 1 heterocycles. The minimum absolute atomic E-state index is 0.209. The summed E-state index contributed by atoms with van der Waals surface area (Å²) in [7, 11) is 4.10. The van der Waals surface area contributed by atoms with Crippen molar-refractivity contribution in [1.82, 2.24) is 0 Å². The van der Waals surface area contributed by atoms with Gasteiger partial charge >= 0.3 is 0 Å². The highest BCUT2D eigenvalue weighted by atomic mass is 16.3. The Labute approximate surface area is 108 Å². The molecule has 0 spiro atoms. The lowest BCUT2D eigenvalue weighted by molar-refractivity contribution is 0.474. The quantitative estimate of drug-likeness (QED) is 0.864. The first-order valence-corrected chi connectivity index (χ1v) is 6.28. The molecular weight excluding hydrogens is 224 g/mol. The number of hydrogen-bond donors (Lipinski definition) is 1. The first-order chi connectivity index (χ1) is 8.72. The van der Waals surface area contributed by atoms with Gasteiger partial charge in [-0.25, -0.2) is 0 Å². The Morgan fingerprint density at radius 3 is 2.56 bits per heavy atom. The Kier molecular flexibility index (Phi) is 3.92. The molecule has 1 aromatic heterocycles. The monoisotopic (exact) mass is 244 g/mol. The maximum Gasteiger partial charge on any atom is 0.125 e. The minimum atomic E-state index is 0.209. The average molecular weight is 244 g/mol. The minimum Gasteiger partial charge on any atom is -0.467 e. The van der Waals surface area contributed by atoms with Crippen LogP contribution in [0.5, 0.6) is 0 Å². The third-order valence-corrected chi connectivity index (χ3v) is 3.01. The molecule has 0 aliphatic rings. The van der Waals surface area contributed by atoms with Crippen molar-refractivity contribution in [3.8, 4) is 0 Å². The van der Waals surface area contributed by atoms with Gasteiger partial charge in [0.05, 0.1) is 23.7 Å². The lowest BCUT2D eigenvalue weighted by atomic mass is 10.1. The van der Waals surface area contributed by atoms with Gasteiger partial charge in [0, 0.05) is 14.1 Å². The molecule has 2 rings (SSSR count). The fourth-order valence-corrected chi connectivity index (χ4v) is 2.04. The summed E-state index contributed by atoms with van der Waals surface area (Å²) in [5.74, 6) is 0.978. The van der Waals surface area contributed by atoms with Gasteiger partial charge in [0.25, 0.3) is 0 Å². The Balaban J connectivity index is 2.22. The third-order valence-electron chi connectivity index (χ3n) is 3.01. The zero-order valence-electron chi connectivity index (χ0n) is 11.2. The lowest BCUT2D eigenvalue weighted by Crippen LogP contribution is -2.14. The maximum absolute atomic E-state index is 5.48. The first-order valence-electron chi connectivity index (χ1n) is 6.28. The Morgan fingerprint density at radius 2 is 1.94 bits per heavy atom. The van der Waals surface area contributed by atoms with Gasteiger partial charge in [-0.3, -0.25) is 0 Å². The van der Waals surface area contributed by atoms with Gasteiger partial charge in [-0.1, -0.05) is 19.1 Å². The molecular formula is C15H20N2O. The van der Waals surface area contributed by atoms with Crippen LogP contribution in [0.1, 0.15) is 25.1 Å². The van der Waals surface area contributed by atoms with E-state index in [1.54, 1.807) is 6.26 Å². The molecule has 3 heteroatoms. The number of hydrogen-bond acceptors (Lipinski definition) is 3. The van der Waals surface area contributed by atoms with E-state index in [1.807, 2.05) is 38.4 Å². The average Bonchev–Trinajstić information content (AvgIpc) is 2.90. The number of benzene rings is 1. The van der Waals surface area contributed by atoms with Crippen LogP contribution < -0.4 is 10.2 Å². The van der Waals surface area contributed by atoms with Crippen molar-refractivity contribution in [2.24, 2.45) is 0 Å². The fourth-order valence-electron chi connectivity index (χ4n) is 2.04. The number of nitrogens with one attached hydrogen (secondary N) is 1. The van der Waals surface area contributed by atoms with E-state index in [1.165, 1.54) is 5.69 Å². The van der Waals surface area contributed by atoms with Crippen LogP contribution in [-0.2, 0) is 0 Å². The summed E-state index contributed by atoms with van der Waals surface area (Å²) < 4.78 is 5.48. The molecule has 0 aliphatic heterocycles. The second kappa shape index (κ2) is 5.63. The maximum atomic E-state index is 5.48. The molecule has 1 N–H and O–H groups in total. The summed E-state index contributed by atoms with van der Waals surface area (Å²) in [6, 6.07) is 12.5. The second-order valence-corrected chi connectivity index (χ2v) is 4.53. The van der Waals surface area contributed by atoms with Crippen LogP contribution in [0, 0.1) is 0 Å². The normalized spacial score (nSPS) is 12.2. The van der Waals surface area contributed by atoms with Gasteiger partial charge in [0.2, 0.25) is 0 Å². The predicted molar refractivity (Wildman–Crippen MR) is 76.1 cm³/mol. The molecule has 96 valence electrons. The fraction of sp³-hybridized carbons (Fsp3) is 0.333.